The zero-order chi connectivity index (χ0) is 13.3. The van der Waals surface area contributed by atoms with E-state index in [4.69, 9.17) is 6.48 Å². The Morgan fingerprint density at radius 3 is 2.75 bits per heavy atom. The number of aliphatic hydroxyl groups is 1. The summed E-state index contributed by atoms with van der Waals surface area (Å²) in [4.78, 5) is 32.9. The smallest absolute Gasteiger partial charge is 0.315 e. The molecule has 0 spiro atoms. The molecule has 92 valence electrons. The van der Waals surface area contributed by atoms with E-state index < -0.39 is 23.8 Å². The Morgan fingerprint density at radius 1 is 1.50 bits per heavy atom. The number of carbonyl (C=O) groups is 3. The summed E-state index contributed by atoms with van der Waals surface area (Å²) in [7, 11) is 1.19. The molecule has 2 N–H and O–H groups in total. The van der Waals surface area contributed by atoms with Gasteiger partial charge in [-0.15, -0.1) is 0 Å². The first-order valence-electron chi connectivity index (χ1n) is 5.55. The molecule has 1 amide bonds. The molecular formula is C10H17NO5. The van der Waals surface area contributed by atoms with E-state index in [0.29, 0.717) is 6.42 Å². The molecule has 0 aromatic rings. The molecule has 0 unspecified atom stereocenters. The lowest BCUT2D eigenvalue weighted by Gasteiger charge is -2.05. The highest BCUT2D eigenvalue weighted by Gasteiger charge is 2.10. The number of hydrogen-bond acceptors (Lipinski definition) is 5. The molecule has 0 radical (unpaired) electrons. The fraction of sp³-hybridized carbons (Fsp3) is 0.700. The minimum Gasteiger partial charge on any atom is -0.469 e. The molecule has 0 aromatic carbocycles. The molecule has 0 rings (SSSR count). The lowest BCUT2D eigenvalue weighted by molar-refractivity contribution is -0.143. The Kier molecular flexibility index (Phi) is 6.17. The molecule has 6 nitrogen and oxygen atoms in total. The third-order valence-corrected chi connectivity index (χ3v) is 1.83. The number of ether oxygens (including phenoxy) is 1. The van der Waals surface area contributed by atoms with Crippen LogP contribution in [0.3, 0.4) is 0 Å². The van der Waals surface area contributed by atoms with Gasteiger partial charge in [-0.2, -0.15) is 0 Å². The van der Waals surface area contributed by atoms with Crippen LogP contribution in [0.5, 0.6) is 0 Å². The highest BCUT2D eigenvalue weighted by Crippen LogP contribution is 1.94. The molecular weight excluding hydrogens is 214 g/mol. The fourth-order valence-corrected chi connectivity index (χ4v) is 0.923. The number of hydrogen-bond donors (Lipinski definition) is 2. The number of Topliss-reactive ketones (excluding diaryl/α,β-unsaturated/α-hetero) is 1. The Bertz CT molecular complexity index is 282. The number of ketones is 1. The van der Waals surface area contributed by atoms with E-state index in [9.17, 15) is 14.4 Å². The van der Waals surface area contributed by atoms with Gasteiger partial charge < -0.3 is 15.2 Å². The quantitative estimate of drug-likeness (QED) is 0.348. The van der Waals surface area contributed by atoms with Crippen LogP contribution in [0.25, 0.3) is 0 Å². The normalized spacial score (nSPS) is 12.5. The van der Waals surface area contributed by atoms with Crippen LogP contribution in [0.1, 0.15) is 27.5 Å². The van der Waals surface area contributed by atoms with Gasteiger partial charge in [-0.1, -0.05) is 0 Å². The van der Waals surface area contributed by atoms with Crippen molar-refractivity contribution in [1.29, 1.82) is 0 Å². The standard InChI is InChI=1S/C10H17NO5/c1-7(12)8(13)4-3-5-11-9(14)6-10(15)16-2/h7,12H,3-6H2,1-2H3,(H,11,14)/t7-/m0/s1/i1T. The van der Waals surface area contributed by atoms with E-state index in [2.05, 4.69) is 10.1 Å². The Balaban J connectivity index is 3.61. The minimum absolute atomic E-state index is 0.0958. The molecule has 16 heavy (non-hydrogen) atoms. The lowest BCUT2D eigenvalue weighted by atomic mass is 10.1. The van der Waals surface area contributed by atoms with Crippen LogP contribution in [-0.2, 0) is 19.1 Å². The van der Waals surface area contributed by atoms with Crippen molar-refractivity contribution in [3.05, 3.63) is 0 Å². The topological polar surface area (TPSA) is 92.7 Å². The second-order valence-corrected chi connectivity index (χ2v) is 3.19. The van der Waals surface area contributed by atoms with E-state index in [-0.39, 0.29) is 26.3 Å². The number of methoxy groups -OCH3 is 1. The van der Waals surface area contributed by atoms with Gasteiger partial charge in [0.15, 0.2) is 5.78 Å². The second-order valence-electron chi connectivity index (χ2n) is 3.19. The fourth-order valence-electron chi connectivity index (χ4n) is 0.923. The van der Waals surface area contributed by atoms with Crippen LogP contribution in [0.2, 0.25) is 0 Å². The number of amides is 1. The Hall–Kier alpha value is -1.43. The maximum Gasteiger partial charge on any atom is 0.315 e. The van der Waals surface area contributed by atoms with Gasteiger partial charge in [0.25, 0.3) is 0 Å². The van der Waals surface area contributed by atoms with Crippen LogP contribution in [-0.4, -0.2) is 42.5 Å². The highest BCUT2D eigenvalue weighted by molar-refractivity contribution is 5.94. The van der Waals surface area contributed by atoms with Crippen molar-refractivity contribution in [3.8, 4) is 0 Å². The zero-order valence-electron chi connectivity index (χ0n) is 10.2. The van der Waals surface area contributed by atoms with Gasteiger partial charge in [0.2, 0.25) is 5.91 Å². The summed E-state index contributed by atoms with van der Waals surface area (Å²) in [6.45, 7) is -0.111. The van der Waals surface area contributed by atoms with Crippen molar-refractivity contribution in [2.24, 2.45) is 0 Å². The number of esters is 1. The summed E-state index contributed by atoms with van der Waals surface area (Å²) >= 11 is 0. The van der Waals surface area contributed by atoms with Gasteiger partial charge in [0.1, 0.15) is 12.5 Å². The van der Waals surface area contributed by atoms with Crippen LogP contribution < -0.4 is 5.32 Å². The summed E-state index contributed by atoms with van der Waals surface area (Å²) in [5.74, 6) is -1.50. The maximum atomic E-state index is 11.1. The average Bonchev–Trinajstić information content (AvgIpc) is 2.32. The molecule has 6 heteroatoms. The molecule has 0 aliphatic carbocycles. The lowest BCUT2D eigenvalue weighted by Crippen LogP contribution is -2.28. The predicted octanol–water partition coefficient (Wildman–Crippen LogP) is -0.604. The van der Waals surface area contributed by atoms with Gasteiger partial charge in [-0.3, -0.25) is 14.4 Å². The first-order valence-corrected chi connectivity index (χ1v) is 4.84. The maximum absolute atomic E-state index is 11.1. The summed E-state index contributed by atoms with van der Waals surface area (Å²) < 4.78 is 11.1. The van der Waals surface area contributed by atoms with Crippen molar-refractivity contribution in [1.82, 2.24) is 5.32 Å². The molecule has 0 saturated carbocycles. The second kappa shape index (κ2) is 7.81. The Labute approximate surface area is 95.4 Å². The summed E-state index contributed by atoms with van der Waals surface area (Å²) in [5, 5.41) is 11.4. The van der Waals surface area contributed by atoms with Crippen molar-refractivity contribution in [2.75, 3.05) is 13.7 Å². The SMILES string of the molecule is [3H]C[C@H](O)C(=O)CCCNC(=O)CC(=O)OC. The van der Waals surface area contributed by atoms with Crippen LogP contribution in [0.15, 0.2) is 0 Å². The summed E-state index contributed by atoms with van der Waals surface area (Å²) in [6, 6.07) is 0. The third kappa shape index (κ3) is 6.94. The van der Waals surface area contributed by atoms with E-state index in [1.54, 1.807) is 0 Å². The molecule has 0 aromatic heterocycles. The van der Waals surface area contributed by atoms with Gasteiger partial charge >= 0.3 is 5.97 Å². The van der Waals surface area contributed by atoms with E-state index in [1.807, 2.05) is 0 Å². The van der Waals surface area contributed by atoms with Crippen molar-refractivity contribution < 1.29 is 25.6 Å². The third-order valence-electron chi connectivity index (χ3n) is 1.83. The van der Waals surface area contributed by atoms with Crippen molar-refractivity contribution in [3.63, 3.8) is 0 Å². The largest absolute Gasteiger partial charge is 0.469 e. The van der Waals surface area contributed by atoms with Crippen LogP contribution >= 0.6 is 0 Å². The van der Waals surface area contributed by atoms with Gasteiger partial charge in [0.05, 0.1) is 7.11 Å². The highest BCUT2D eigenvalue weighted by atomic mass is 16.5. The van der Waals surface area contributed by atoms with E-state index in [0.717, 1.165) is 0 Å². The minimum atomic E-state index is -1.25. The number of rotatable bonds is 7. The van der Waals surface area contributed by atoms with Crippen LogP contribution in [0, 0.1) is 0 Å². The van der Waals surface area contributed by atoms with Crippen molar-refractivity contribution in [2.45, 2.75) is 32.3 Å². The summed E-state index contributed by atoms with van der Waals surface area (Å²) in [6.07, 6.45) is -1.14. The predicted molar refractivity (Wildman–Crippen MR) is 55.6 cm³/mol. The van der Waals surface area contributed by atoms with Gasteiger partial charge in [0, 0.05) is 14.3 Å². The van der Waals surface area contributed by atoms with Crippen LogP contribution in [0.4, 0.5) is 0 Å². The molecule has 0 aliphatic rings. The molecule has 0 aliphatic heterocycles. The first-order chi connectivity index (χ1) is 8.01. The first kappa shape index (κ1) is 12.6. The van der Waals surface area contributed by atoms with Gasteiger partial charge in [-0.25, -0.2) is 0 Å². The molecule has 0 bridgehead atoms. The van der Waals surface area contributed by atoms with Gasteiger partial charge in [-0.05, 0) is 13.3 Å². The molecule has 0 fully saturated rings. The monoisotopic (exact) mass is 233 g/mol. The number of aliphatic hydroxyl groups excluding tert-OH is 1. The van der Waals surface area contributed by atoms with E-state index >= 15 is 0 Å². The molecule has 0 saturated heterocycles. The zero-order valence-corrected chi connectivity index (χ0v) is 9.19. The van der Waals surface area contributed by atoms with E-state index in [1.165, 1.54) is 7.11 Å². The number of nitrogens with one attached hydrogen (secondary N) is 1. The molecule has 1 atom stereocenters. The number of carbonyl (C=O) groups excluding carboxylic acids is 3. The average molecular weight is 233 g/mol. The summed E-state index contributed by atoms with van der Waals surface area (Å²) in [5.41, 5.74) is 0. The Morgan fingerprint density at radius 2 is 2.19 bits per heavy atom. The molecule has 0 heterocycles. The van der Waals surface area contributed by atoms with Crippen molar-refractivity contribution >= 4 is 17.7 Å².